The van der Waals surface area contributed by atoms with Gasteiger partial charge in [0, 0.05) is 24.1 Å². The maximum Gasteiger partial charge on any atom is 0.128 e. The summed E-state index contributed by atoms with van der Waals surface area (Å²) < 4.78 is 11.9. The molecule has 3 heteroatoms. The Balaban J connectivity index is 2.20. The minimum absolute atomic E-state index is 0.146. The normalized spacial score (nSPS) is 20.0. The lowest BCUT2D eigenvalue weighted by Crippen LogP contribution is -2.39. The Morgan fingerprint density at radius 2 is 2.14 bits per heavy atom. The average Bonchev–Trinajstić information content (AvgIpc) is 2.36. The first kappa shape index (κ1) is 16.2. The minimum atomic E-state index is -0.146. The summed E-state index contributed by atoms with van der Waals surface area (Å²) in [4.78, 5) is 0. The van der Waals surface area contributed by atoms with Crippen molar-refractivity contribution in [1.82, 2.24) is 5.32 Å². The average molecular weight is 291 g/mol. The second kappa shape index (κ2) is 6.69. The molecule has 1 aromatic rings. The smallest absolute Gasteiger partial charge is 0.128 e. The van der Waals surface area contributed by atoms with Crippen LogP contribution in [-0.4, -0.2) is 18.2 Å². The highest BCUT2D eigenvalue weighted by atomic mass is 16.5. The van der Waals surface area contributed by atoms with Crippen LogP contribution in [0.1, 0.15) is 65.5 Å². The molecule has 0 radical (unpaired) electrons. The fourth-order valence-corrected chi connectivity index (χ4v) is 2.81. The minimum Gasteiger partial charge on any atom is -0.491 e. The van der Waals surface area contributed by atoms with Gasteiger partial charge in [-0.05, 0) is 46.7 Å². The van der Waals surface area contributed by atoms with Crippen LogP contribution < -0.4 is 14.8 Å². The van der Waals surface area contributed by atoms with Gasteiger partial charge in [0.25, 0.3) is 0 Å². The Labute approximate surface area is 129 Å². The second-order valence-electron chi connectivity index (χ2n) is 6.79. The highest BCUT2D eigenvalue weighted by Crippen LogP contribution is 2.41. The monoisotopic (exact) mass is 291 g/mol. The summed E-state index contributed by atoms with van der Waals surface area (Å²) in [5.74, 6) is 1.84. The van der Waals surface area contributed by atoms with E-state index in [0.717, 1.165) is 24.5 Å². The predicted molar refractivity (Wildman–Crippen MR) is 87.2 cm³/mol. The topological polar surface area (TPSA) is 30.5 Å². The molecule has 1 N–H and O–H groups in total. The van der Waals surface area contributed by atoms with Crippen molar-refractivity contribution in [3.63, 3.8) is 0 Å². The first-order valence-corrected chi connectivity index (χ1v) is 8.14. The highest BCUT2D eigenvalue weighted by molar-refractivity contribution is 5.44. The molecular weight excluding hydrogens is 262 g/mol. The molecule has 0 aliphatic carbocycles. The Morgan fingerprint density at radius 1 is 1.38 bits per heavy atom. The van der Waals surface area contributed by atoms with Gasteiger partial charge >= 0.3 is 0 Å². The Hall–Kier alpha value is -1.22. The third-order valence-corrected chi connectivity index (χ3v) is 3.74. The maximum atomic E-state index is 6.16. The van der Waals surface area contributed by atoms with Crippen LogP contribution in [0.4, 0.5) is 0 Å². The lowest BCUT2D eigenvalue weighted by Gasteiger charge is -2.38. The quantitative estimate of drug-likeness (QED) is 0.785. The summed E-state index contributed by atoms with van der Waals surface area (Å²) in [5.41, 5.74) is 1.11. The number of benzene rings is 1. The molecule has 1 heterocycles. The SMILES string of the molecule is CCCCNC1CC(C)(C)Oc2cc(OC(C)C)ccc21. The lowest BCUT2D eigenvalue weighted by molar-refractivity contribution is 0.0655. The highest BCUT2D eigenvalue weighted by Gasteiger charge is 2.33. The first-order valence-electron chi connectivity index (χ1n) is 8.14. The van der Waals surface area contributed by atoms with Gasteiger partial charge in [0.15, 0.2) is 0 Å². The van der Waals surface area contributed by atoms with E-state index in [1.54, 1.807) is 0 Å². The molecule has 1 aliphatic heterocycles. The van der Waals surface area contributed by atoms with Gasteiger partial charge in [-0.2, -0.15) is 0 Å². The van der Waals surface area contributed by atoms with Crippen molar-refractivity contribution >= 4 is 0 Å². The van der Waals surface area contributed by atoms with E-state index in [4.69, 9.17) is 9.47 Å². The molecule has 1 aromatic carbocycles. The zero-order chi connectivity index (χ0) is 15.5. The number of fused-ring (bicyclic) bond motifs is 1. The molecule has 118 valence electrons. The molecule has 1 unspecified atom stereocenters. The van der Waals surface area contributed by atoms with Gasteiger partial charge in [-0.3, -0.25) is 0 Å². The first-order chi connectivity index (χ1) is 9.91. The standard InChI is InChI=1S/C18H29NO2/c1-6-7-10-19-16-12-18(4,5)21-17-11-14(20-13(2)3)8-9-15(16)17/h8-9,11,13,16,19H,6-7,10,12H2,1-5H3. The number of ether oxygens (including phenoxy) is 2. The number of rotatable bonds is 6. The van der Waals surface area contributed by atoms with Crippen LogP contribution in [0.15, 0.2) is 18.2 Å². The summed E-state index contributed by atoms with van der Waals surface area (Å²) in [5, 5.41) is 3.67. The van der Waals surface area contributed by atoms with Crippen LogP contribution in [0.2, 0.25) is 0 Å². The summed E-state index contributed by atoms with van der Waals surface area (Å²) in [7, 11) is 0. The molecule has 1 aliphatic rings. The summed E-state index contributed by atoms with van der Waals surface area (Å²) in [6, 6.07) is 6.59. The fraction of sp³-hybridized carbons (Fsp3) is 0.667. The molecule has 0 bridgehead atoms. The van der Waals surface area contributed by atoms with Crippen LogP contribution in [0, 0.1) is 0 Å². The van der Waals surface area contributed by atoms with Crippen LogP contribution in [0.5, 0.6) is 11.5 Å². The summed E-state index contributed by atoms with van der Waals surface area (Å²) >= 11 is 0. The molecule has 21 heavy (non-hydrogen) atoms. The van der Waals surface area contributed by atoms with Crippen molar-refractivity contribution < 1.29 is 9.47 Å². The van der Waals surface area contributed by atoms with E-state index >= 15 is 0 Å². The summed E-state index contributed by atoms with van der Waals surface area (Å²) in [6.07, 6.45) is 3.60. The maximum absolute atomic E-state index is 6.16. The molecule has 0 spiro atoms. The van der Waals surface area contributed by atoms with Gasteiger partial charge in [-0.15, -0.1) is 0 Å². The van der Waals surface area contributed by atoms with Crippen molar-refractivity contribution in [2.45, 2.75) is 71.6 Å². The molecule has 3 nitrogen and oxygen atoms in total. The van der Waals surface area contributed by atoms with Gasteiger partial charge in [0.05, 0.1) is 6.10 Å². The van der Waals surface area contributed by atoms with E-state index in [1.807, 2.05) is 19.9 Å². The van der Waals surface area contributed by atoms with Crippen molar-refractivity contribution in [2.24, 2.45) is 0 Å². The number of hydrogen-bond donors (Lipinski definition) is 1. The zero-order valence-electron chi connectivity index (χ0n) is 14.0. The van der Waals surface area contributed by atoms with Crippen molar-refractivity contribution in [3.05, 3.63) is 23.8 Å². The second-order valence-corrected chi connectivity index (χ2v) is 6.79. The van der Waals surface area contributed by atoms with E-state index in [9.17, 15) is 0 Å². The largest absolute Gasteiger partial charge is 0.491 e. The molecule has 0 saturated carbocycles. The van der Waals surface area contributed by atoms with Crippen molar-refractivity contribution in [1.29, 1.82) is 0 Å². The zero-order valence-corrected chi connectivity index (χ0v) is 14.0. The molecule has 0 amide bonds. The lowest BCUT2D eigenvalue weighted by atomic mass is 9.89. The van der Waals surface area contributed by atoms with Gasteiger partial charge in [-0.1, -0.05) is 19.4 Å². The summed E-state index contributed by atoms with van der Waals surface area (Å²) in [6.45, 7) is 11.7. The Morgan fingerprint density at radius 3 is 2.81 bits per heavy atom. The fourth-order valence-electron chi connectivity index (χ4n) is 2.81. The molecule has 2 rings (SSSR count). The number of hydrogen-bond acceptors (Lipinski definition) is 3. The van der Waals surface area contributed by atoms with E-state index in [-0.39, 0.29) is 11.7 Å². The number of unbranched alkanes of at least 4 members (excludes halogenated alkanes) is 1. The van der Waals surface area contributed by atoms with Gasteiger partial charge in [0.2, 0.25) is 0 Å². The van der Waals surface area contributed by atoms with Crippen LogP contribution in [-0.2, 0) is 0 Å². The van der Waals surface area contributed by atoms with Crippen molar-refractivity contribution in [3.8, 4) is 11.5 Å². The third kappa shape index (κ3) is 4.37. The van der Waals surface area contributed by atoms with Gasteiger partial charge in [0.1, 0.15) is 17.1 Å². The van der Waals surface area contributed by atoms with Crippen molar-refractivity contribution in [2.75, 3.05) is 6.54 Å². The number of nitrogens with one attached hydrogen (secondary N) is 1. The Bertz CT molecular complexity index is 468. The van der Waals surface area contributed by atoms with E-state index in [0.29, 0.717) is 6.04 Å². The third-order valence-electron chi connectivity index (χ3n) is 3.74. The molecule has 1 atom stereocenters. The van der Waals surface area contributed by atoms with Crippen LogP contribution in [0.3, 0.4) is 0 Å². The van der Waals surface area contributed by atoms with E-state index < -0.39 is 0 Å². The molecule has 0 aromatic heterocycles. The Kier molecular flexibility index (Phi) is 5.15. The van der Waals surface area contributed by atoms with E-state index in [2.05, 4.69) is 38.2 Å². The van der Waals surface area contributed by atoms with Crippen LogP contribution in [0.25, 0.3) is 0 Å². The van der Waals surface area contributed by atoms with Crippen LogP contribution >= 0.6 is 0 Å². The molecule has 0 fully saturated rings. The van der Waals surface area contributed by atoms with Gasteiger partial charge in [-0.25, -0.2) is 0 Å². The molecule has 0 saturated heterocycles. The van der Waals surface area contributed by atoms with Gasteiger partial charge < -0.3 is 14.8 Å². The molecular formula is C18H29NO2. The van der Waals surface area contributed by atoms with E-state index in [1.165, 1.54) is 18.4 Å². The predicted octanol–water partition coefficient (Wildman–Crippen LogP) is 4.47.